The predicted octanol–water partition coefficient (Wildman–Crippen LogP) is 6.62. The summed E-state index contributed by atoms with van der Waals surface area (Å²) in [5.41, 5.74) is 2.50. The lowest BCUT2D eigenvalue weighted by Crippen LogP contribution is -2.60. The molecule has 6 atom stereocenters. The maximum Gasteiger partial charge on any atom is 0.258 e. The molecule has 53 heavy (non-hydrogen) atoms. The van der Waals surface area contributed by atoms with Crippen LogP contribution in [-0.4, -0.2) is 55.0 Å². The normalized spacial score (nSPS) is 27.7. The van der Waals surface area contributed by atoms with E-state index >= 15 is 0 Å². The number of phenolic OH excluding ortho intramolecular Hbond substituents is 2. The number of anilines is 1. The van der Waals surface area contributed by atoms with Gasteiger partial charge in [-0.05, 0) is 78.8 Å². The van der Waals surface area contributed by atoms with Crippen LogP contribution in [0.15, 0.2) is 109 Å². The summed E-state index contributed by atoms with van der Waals surface area (Å²) in [5.74, 6) is -6.52. The van der Waals surface area contributed by atoms with Crippen LogP contribution in [0.3, 0.4) is 0 Å². The molecular formula is C41H33Cl2FN2O7. The van der Waals surface area contributed by atoms with Crippen LogP contribution in [0.4, 0.5) is 10.1 Å². The minimum Gasteiger partial charge on any atom is -0.508 e. The fraction of sp³-hybridized carbons (Fsp3) is 0.268. The molecule has 0 bridgehead atoms. The van der Waals surface area contributed by atoms with E-state index < -0.39 is 57.0 Å². The summed E-state index contributed by atoms with van der Waals surface area (Å²) in [6, 6.07) is 25.3. The van der Waals surface area contributed by atoms with Crippen molar-refractivity contribution in [2.45, 2.75) is 41.5 Å². The molecule has 4 aromatic rings. The molecule has 2 saturated heterocycles. The molecule has 4 aromatic carbocycles. The Morgan fingerprint density at radius 2 is 1.53 bits per heavy atom. The Balaban J connectivity index is 1.19. The Kier molecular flexibility index (Phi) is 8.58. The number of likely N-dealkylation sites (tertiary alicyclic amines) is 1. The average Bonchev–Trinajstić information content (AvgIpc) is 3.48. The standard InChI is InChI=1S/C41H33Cl2FN2O7/c42-40-21-32-29(16-17-31-34(32)37(50)45(36(31)49)19-18-23-6-12-27(47)13-7-23)35(30-15-14-28(20-33(30)48)53-22-24-4-2-1-3-5-24)41(40,43)39(52)46(38(40)51)26-10-8-25(44)9-11-26/h1-16,20,31-32,34-35,47-48H,17-19,21-22H2. The highest BCUT2D eigenvalue weighted by Gasteiger charge is 2.76. The third-order valence-corrected chi connectivity index (χ3v) is 12.5. The fourth-order valence-electron chi connectivity index (χ4n) is 8.53. The molecule has 270 valence electrons. The Morgan fingerprint density at radius 1 is 0.811 bits per heavy atom. The molecule has 3 fully saturated rings. The Morgan fingerprint density at radius 3 is 2.23 bits per heavy atom. The molecule has 9 nitrogen and oxygen atoms in total. The van der Waals surface area contributed by atoms with Gasteiger partial charge < -0.3 is 14.9 Å². The van der Waals surface area contributed by atoms with Gasteiger partial charge in [0.15, 0.2) is 9.75 Å². The lowest BCUT2D eigenvalue weighted by atomic mass is 9.56. The van der Waals surface area contributed by atoms with E-state index in [4.69, 9.17) is 27.9 Å². The van der Waals surface area contributed by atoms with Gasteiger partial charge in [0, 0.05) is 24.1 Å². The van der Waals surface area contributed by atoms with Crippen LogP contribution in [0.2, 0.25) is 0 Å². The van der Waals surface area contributed by atoms with Crippen molar-refractivity contribution in [3.05, 3.63) is 131 Å². The van der Waals surface area contributed by atoms with Gasteiger partial charge in [0.2, 0.25) is 11.8 Å². The van der Waals surface area contributed by atoms with Crippen LogP contribution < -0.4 is 9.64 Å². The first kappa shape index (κ1) is 34.9. The maximum absolute atomic E-state index is 14.6. The van der Waals surface area contributed by atoms with Gasteiger partial charge in [0.1, 0.15) is 29.7 Å². The number of carbonyl (C=O) groups excluding carboxylic acids is 4. The van der Waals surface area contributed by atoms with Crippen molar-refractivity contribution >= 4 is 52.5 Å². The number of amides is 4. The summed E-state index contributed by atoms with van der Waals surface area (Å²) in [6.07, 6.45) is 2.08. The van der Waals surface area contributed by atoms with Gasteiger partial charge in [0.05, 0.1) is 17.5 Å². The number of nitrogens with zero attached hydrogens (tertiary/aromatic N) is 2. The summed E-state index contributed by atoms with van der Waals surface area (Å²) in [5, 5.41) is 21.3. The topological polar surface area (TPSA) is 124 Å². The van der Waals surface area contributed by atoms with Crippen molar-refractivity contribution in [1.29, 1.82) is 0 Å². The number of ether oxygens (including phenoxy) is 1. The van der Waals surface area contributed by atoms with E-state index in [0.29, 0.717) is 17.7 Å². The summed E-state index contributed by atoms with van der Waals surface area (Å²) in [6.45, 7) is 0.329. The van der Waals surface area contributed by atoms with E-state index in [1.54, 1.807) is 30.3 Å². The van der Waals surface area contributed by atoms with Gasteiger partial charge in [-0.15, -0.1) is 23.2 Å². The summed E-state index contributed by atoms with van der Waals surface area (Å²) >= 11 is 14.9. The number of rotatable bonds is 8. The number of hydrogen-bond acceptors (Lipinski definition) is 7. The van der Waals surface area contributed by atoms with Crippen molar-refractivity contribution in [1.82, 2.24) is 4.90 Å². The number of alkyl halides is 2. The Hall–Kier alpha value is -5.19. The number of imide groups is 2. The van der Waals surface area contributed by atoms with Crippen LogP contribution in [0.25, 0.3) is 0 Å². The molecule has 2 N–H and O–H groups in total. The Bertz CT molecular complexity index is 2180. The number of phenols is 2. The van der Waals surface area contributed by atoms with Crippen molar-refractivity contribution in [3.8, 4) is 17.2 Å². The van der Waals surface area contributed by atoms with Crippen LogP contribution in [0, 0.1) is 23.6 Å². The lowest BCUT2D eigenvalue weighted by Gasteiger charge is -2.50. The van der Waals surface area contributed by atoms with Gasteiger partial charge >= 0.3 is 0 Å². The predicted molar refractivity (Wildman–Crippen MR) is 194 cm³/mol. The Labute approximate surface area is 314 Å². The number of carbonyl (C=O) groups is 4. The summed E-state index contributed by atoms with van der Waals surface area (Å²) in [7, 11) is 0. The molecule has 4 amide bonds. The molecule has 0 spiro atoms. The fourth-order valence-corrected chi connectivity index (χ4v) is 9.46. The van der Waals surface area contributed by atoms with Crippen molar-refractivity contribution in [2.24, 2.45) is 17.8 Å². The number of allylic oxidation sites excluding steroid dienone is 2. The zero-order valence-corrected chi connectivity index (χ0v) is 29.6. The van der Waals surface area contributed by atoms with Gasteiger partial charge in [-0.1, -0.05) is 60.2 Å². The van der Waals surface area contributed by atoms with Crippen LogP contribution in [0.1, 0.15) is 35.4 Å². The molecule has 1 saturated carbocycles. The first-order valence-corrected chi connectivity index (χ1v) is 18.0. The minimum atomic E-state index is -2.19. The van der Waals surface area contributed by atoms with E-state index in [2.05, 4.69) is 0 Å². The second-order valence-corrected chi connectivity index (χ2v) is 15.2. The average molecular weight is 756 g/mol. The minimum absolute atomic E-state index is 0.0610. The summed E-state index contributed by atoms with van der Waals surface area (Å²) < 4.78 is 19.9. The SMILES string of the molecule is O=C1C2CC=C3C(CC4(Cl)C(=O)N(c5ccc(F)cc5)C(=O)C4(Cl)C3c3ccc(OCc4ccccc4)cc3O)C2C(=O)N1CCc1ccc(O)cc1. The second kappa shape index (κ2) is 13.0. The maximum atomic E-state index is 14.6. The third kappa shape index (κ3) is 5.49. The van der Waals surface area contributed by atoms with Crippen LogP contribution in [0.5, 0.6) is 17.2 Å². The van der Waals surface area contributed by atoms with E-state index in [1.165, 1.54) is 35.2 Å². The molecule has 4 aliphatic rings. The molecular weight excluding hydrogens is 722 g/mol. The quantitative estimate of drug-likeness (QED) is 0.118. The monoisotopic (exact) mass is 754 g/mol. The van der Waals surface area contributed by atoms with Gasteiger partial charge in [-0.2, -0.15) is 0 Å². The second-order valence-electron chi connectivity index (χ2n) is 14.0. The molecule has 2 aliphatic heterocycles. The molecule has 2 heterocycles. The lowest BCUT2D eigenvalue weighted by molar-refractivity contribution is -0.140. The van der Waals surface area contributed by atoms with Crippen molar-refractivity contribution < 1.29 is 38.5 Å². The number of halogens is 3. The zero-order valence-electron chi connectivity index (χ0n) is 28.1. The van der Waals surface area contributed by atoms with E-state index in [9.17, 15) is 33.8 Å². The van der Waals surface area contributed by atoms with Crippen LogP contribution in [-0.2, 0) is 32.2 Å². The first-order chi connectivity index (χ1) is 25.4. The van der Waals surface area contributed by atoms with Gasteiger partial charge in [-0.25, -0.2) is 9.29 Å². The van der Waals surface area contributed by atoms with E-state index in [0.717, 1.165) is 28.2 Å². The van der Waals surface area contributed by atoms with Gasteiger partial charge in [-0.3, -0.25) is 24.1 Å². The first-order valence-electron chi connectivity index (χ1n) is 17.3. The van der Waals surface area contributed by atoms with Crippen molar-refractivity contribution in [2.75, 3.05) is 11.4 Å². The number of aromatic hydroxyl groups is 2. The molecule has 6 unspecified atom stereocenters. The van der Waals surface area contributed by atoms with Crippen LogP contribution >= 0.6 is 23.2 Å². The molecule has 0 radical (unpaired) electrons. The van der Waals surface area contributed by atoms with Gasteiger partial charge in [0.25, 0.3) is 11.8 Å². The zero-order chi connectivity index (χ0) is 37.2. The molecule has 8 rings (SSSR count). The highest BCUT2D eigenvalue weighted by molar-refractivity contribution is 6.58. The van der Waals surface area contributed by atoms with Crippen molar-refractivity contribution in [3.63, 3.8) is 0 Å². The molecule has 2 aliphatic carbocycles. The number of hydrogen-bond donors (Lipinski definition) is 2. The summed E-state index contributed by atoms with van der Waals surface area (Å²) in [4.78, 5) is 54.9. The number of fused-ring (bicyclic) bond motifs is 4. The molecule has 12 heteroatoms. The highest BCUT2D eigenvalue weighted by atomic mass is 35.5. The smallest absolute Gasteiger partial charge is 0.258 e. The highest BCUT2D eigenvalue weighted by Crippen LogP contribution is 2.66. The number of benzene rings is 4. The third-order valence-electron chi connectivity index (χ3n) is 11.1. The largest absolute Gasteiger partial charge is 0.508 e. The van der Waals surface area contributed by atoms with E-state index in [1.807, 2.05) is 30.3 Å². The molecule has 0 aromatic heterocycles. The van der Waals surface area contributed by atoms with E-state index in [-0.39, 0.29) is 54.7 Å².